The third kappa shape index (κ3) is 16.5. The molecule has 3 aliphatic rings. The highest BCUT2D eigenvalue weighted by Crippen LogP contribution is 2.37. The maximum absolute atomic E-state index is 11.6. The summed E-state index contributed by atoms with van der Waals surface area (Å²) in [5, 5.41) is 0. The summed E-state index contributed by atoms with van der Waals surface area (Å²) in [7, 11) is 0. The van der Waals surface area contributed by atoms with Crippen molar-refractivity contribution in [1.29, 1.82) is 0 Å². The average molecular weight is 575 g/mol. The zero-order valence-corrected chi connectivity index (χ0v) is 27.2. The number of cyclic esters (lactones) is 1. The number of carbonyl (C=O) groups excluding carboxylic acids is 1. The molecular formula is C37H66O4. The van der Waals surface area contributed by atoms with Gasteiger partial charge in [-0.15, -0.1) is 0 Å². The molecule has 0 N–H and O–H groups in total. The van der Waals surface area contributed by atoms with Crippen LogP contribution in [0, 0.1) is 0 Å². The summed E-state index contributed by atoms with van der Waals surface area (Å²) in [6, 6.07) is 0. The molecule has 0 amide bonds. The number of ether oxygens (including phenoxy) is 3. The minimum Gasteiger partial charge on any atom is -0.455 e. The average Bonchev–Trinajstić information content (AvgIpc) is 3.87. The first-order valence-corrected chi connectivity index (χ1v) is 18.4. The molecule has 2 saturated heterocycles. The van der Waals surface area contributed by atoms with Crippen LogP contribution in [0.2, 0.25) is 0 Å². The predicted molar refractivity (Wildman–Crippen MR) is 171 cm³/mol. The number of hydrogen-bond acceptors (Lipinski definition) is 4. The Labute approximate surface area is 254 Å². The zero-order valence-electron chi connectivity index (χ0n) is 27.2. The van der Waals surface area contributed by atoms with E-state index < -0.39 is 0 Å². The number of rotatable bonds is 29. The molecule has 0 bridgehead atoms. The van der Waals surface area contributed by atoms with Gasteiger partial charge in [0.1, 0.15) is 6.10 Å². The van der Waals surface area contributed by atoms with Crippen LogP contribution in [0.4, 0.5) is 0 Å². The molecule has 0 radical (unpaired) electrons. The van der Waals surface area contributed by atoms with Gasteiger partial charge in [-0.3, -0.25) is 0 Å². The normalized spacial score (nSPS) is 25.0. The van der Waals surface area contributed by atoms with E-state index in [4.69, 9.17) is 14.2 Å². The van der Waals surface area contributed by atoms with E-state index in [0.717, 1.165) is 18.4 Å². The monoisotopic (exact) mass is 574 g/mol. The van der Waals surface area contributed by atoms with E-state index in [2.05, 4.69) is 6.92 Å². The van der Waals surface area contributed by atoms with Gasteiger partial charge in [-0.25, -0.2) is 4.79 Å². The lowest BCUT2D eigenvalue weighted by Crippen LogP contribution is -2.03. The van der Waals surface area contributed by atoms with E-state index in [1.54, 1.807) is 0 Å². The first-order chi connectivity index (χ1) is 20.2. The topological polar surface area (TPSA) is 51.4 Å². The smallest absolute Gasteiger partial charge is 0.334 e. The molecule has 0 spiro atoms. The number of unbranched alkanes of at least 4 members (excludes halogenated alkanes) is 20. The van der Waals surface area contributed by atoms with Gasteiger partial charge in [-0.05, 0) is 51.5 Å². The Morgan fingerprint density at radius 1 is 0.512 bits per heavy atom. The van der Waals surface area contributed by atoms with Crippen LogP contribution in [-0.4, -0.2) is 36.5 Å². The predicted octanol–water partition coefficient (Wildman–Crippen LogP) is 10.9. The van der Waals surface area contributed by atoms with Crippen molar-refractivity contribution in [3.05, 3.63) is 11.6 Å². The van der Waals surface area contributed by atoms with Crippen molar-refractivity contribution in [2.45, 2.75) is 218 Å². The van der Waals surface area contributed by atoms with Crippen LogP contribution < -0.4 is 0 Å². The van der Waals surface area contributed by atoms with Gasteiger partial charge in [0, 0.05) is 5.57 Å². The lowest BCUT2D eigenvalue weighted by molar-refractivity contribution is -0.139. The molecule has 0 aromatic carbocycles. The van der Waals surface area contributed by atoms with Crippen LogP contribution in [-0.2, 0) is 19.0 Å². The Morgan fingerprint density at radius 2 is 0.878 bits per heavy atom. The summed E-state index contributed by atoms with van der Waals surface area (Å²) >= 11 is 0. The Balaban J connectivity index is 0.979. The molecular weight excluding hydrogens is 508 g/mol. The van der Waals surface area contributed by atoms with Crippen molar-refractivity contribution in [2.24, 2.45) is 0 Å². The highest BCUT2D eigenvalue weighted by atomic mass is 16.6. The molecule has 4 heteroatoms. The van der Waals surface area contributed by atoms with Gasteiger partial charge in [-0.1, -0.05) is 142 Å². The van der Waals surface area contributed by atoms with E-state index in [9.17, 15) is 4.79 Å². The maximum Gasteiger partial charge on any atom is 0.334 e. The van der Waals surface area contributed by atoms with Crippen molar-refractivity contribution in [1.82, 2.24) is 0 Å². The fraction of sp³-hybridized carbons (Fsp3) is 0.919. The summed E-state index contributed by atoms with van der Waals surface area (Å²) in [5.41, 5.74) is 0.895. The number of epoxide rings is 2. The lowest BCUT2D eigenvalue weighted by Gasteiger charge is -2.03. The molecule has 2 fully saturated rings. The number of carbonyl (C=O) groups is 1. The fourth-order valence-electron chi connectivity index (χ4n) is 6.78. The third-order valence-corrected chi connectivity index (χ3v) is 9.63. The SMILES string of the molecule is CCCCCCCCCCCCCC[C@H]1O[C@@H]1CC[C@H]1O[C@@H]1CCCCCCCCCCCCC1=C[C@H](C)OC1=O. The van der Waals surface area contributed by atoms with Crippen LogP contribution >= 0.6 is 0 Å². The third-order valence-electron chi connectivity index (χ3n) is 9.63. The molecule has 3 heterocycles. The molecule has 238 valence electrons. The van der Waals surface area contributed by atoms with Crippen molar-refractivity contribution in [3.8, 4) is 0 Å². The molecule has 3 rings (SSSR count). The number of hydrogen-bond donors (Lipinski definition) is 0. The van der Waals surface area contributed by atoms with Crippen molar-refractivity contribution in [2.75, 3.05) is 0 Å². The van der Waals surface area contributed by atoms with Gasteiger partial charge in [0.2, 0.25) is 0 Å². The largest absolute Gasteiger partial charge is 0.455 e. The molecule has 4 nitrogen and oxygen atoms in total. The standard InChI is InChI=1S/C37H66O4/c1-3-4-5-6-7-8-9-10-14-17-20-23-26-33-35(40-33)28-29-36-34(41-36)27-24-21-18-15-12-11-13-16-19-22-25-32-30-31(2)39-37(32)38/h30-31,33-36H,3-29H2,1-2H3/t31-,33+,34+,35+,36+/m0/s1. The highest BCUT2D eigenvalue weighted by molar-refractivity contribution is 5.90. The molecule has 5 atom stereocenters. The van der Waals surface area contributed by atoms with E-state index in [1.165, 1.54) is 161 Å². The first kappa shape index (κ1) is 34.6. The number of esters is 1. The zero-order chi connectivity index (χ0) is 29.0. The summed E-state index contributed by atoms with van der Waals surface area (Å²) in [5.74, 6) is -0.0947. The molecule has 0 aliphatic carbocycles. The Kier molecular flexibility index (Phi) is 18.4. The Hall–Kier alpha value is -0.870. The van der Waals surface area contributed by atoms with E-state index in [-0.39, 0.29) is 12.1 Å². The van der Waals surface area contributed by atoms with Crippen molar-refractivity contribution >= 4 is 5.97 Å². The van der Waals surface area contributed by atoms with Crippen LogP contribution in [0.5, 0.6) is 0 Å². The van der Waals surface area contributed by atoms with Crippen LogP contribution in [0.3, 0.4) is 0 Å². The van der Waals surface area contributed by atoms with Gasteiger partial charge in [-0.2, -0.15) is 0 Å². The summed E-state index contributed by atoms with van der Waals surface area (Å²) in [4.78, 5) is 11.6. The molecule has 0 aromatic rings. The van der Waals surface area contributed by atoms with E-state index in [0.29, 0.717) is 24.4 Å². The van der Waals surface area contributed by atoms with E-state index >= 15 is 0 Å². The van der Waals surface area contributed by atoms with Gasteiger partial charge in [0.05, 0.1) is 24.4 Å². The van der Waals surface area contributed by atoms with Gasteiger partial charge in [0.15, 0.2) is 0 Å². The van der Waals surface area contributed by atoms with Gasteiger partial charge < -0.3 is 14.2 Å². The minimum absolute atomic E-state index is 0.0233. The minimum atomic E-state index is -0.0947. The second-order valence-corrected chi connectivity index (χ2v) is 13.6. The second-order valence-electron chi connectivity index (χ2n) is 13.6. The first-order valence-electron chi connectivity index (χ1n) is 18.4. The molecule has 3 aliphatic heterocycles. The Morgan fingerprint density at radius 3 is 1.27 bits per heavy atom. The lowest BCUT2D eigenvalue weighted by atomic mass is 10.0. The maximum atomic E-state index is 11.6. The summed E-state index contributed by atoms with van der Waals surface area (Å²) in [6.45, 7) is 4.23. The van der Waals surface area contributed by atoms with Crippen LogP contribution in [0.1, 0.15) is 187 Å². The highest BCUT2D eigenvalue weighted by Gasteiger charge is 2.42. The molecule has 41 heavy (non-hydrogen) atoms. The fourth-order valence-corrected chi connectivity index (χ4v) is 6.78. The Bertz CT molecular complexity index is 703. The van der Waals surface area contributed by atoms with Crippen molar-refractivity contribution < 1.29 is 19.0 Å². The molecule has 0 unspecified atom stereocenters. The van der Waals surface area contributed by atoms with E-state index in [1.807, 2.05) is 13.0 Å². The molecule has 0 saturated carbocycles. The van der Waals surface area contributed by atoms with Gasteiger partial charge in [0.25, 0.3) is 0 Å². The van der Waals surface area contributed by atoms with Crippen LogP contribution in [0.25, 0.3) is 0 Å². The quantitative estimate of drug-likeness (QED) is 0.0506. The summed E-state index contributed by atoms with van der Waals surface area (Å²) < 4.78 is 17.1. The van der Waals surface area contributed by atoms with Crippen LogP contribution in [0.15, 0.2) is 11.6 Å². The summed E-state index contributed by atoms with van der Waals surface area (Å²) in [6.07, 6.45) is 40.3. The van der Waals surface area contributed by atoms with Crippen molar-refractivity contribution in [3.63, 3.8) is 0 Å². The van der Waals surface area contributed by atoms with Gasteiger partial charge >= 0.3 is 5.97 Å². The second kappa shape index (κ2) is 21.8. The molecule has 0 aromatic heterocycles.